The molecule has 1 N–H and O–H groups in total. The van der Waals surface area contributed by atoms with E-state index in [1.54, 1.807) is 12.4 Å². The fraction of sp³-hybridized carbons (Fsp3) is 0.429. The normalized spacial score (nSPS) is 14.1. The maximum Gasteiger partial charge on any atom is 0.0797 e. The van der Waals surface area contributed by atoms with Crippen LogP contribution in [0.1, 0.15) is 28.9 Å². The lowest BCUT2D eigenvalue weighted by molar-refractivity contribution is 0.314. The molecule has 4 nitrogen and oxygen atoms in total. The lowest BCUT2D eigenvalue weighted by Gasteiger charge is -2.16. The summed E-state index contributed by atoms with van der Waals surface area (Å²) in [4.78, 5) is 6.24. The van der Waals surface area contributed by atoms with Crippen molar-refractivity contribution in [2.75, 3.05) is 7.05 Å². The molecule has 0 saturated heterocycles. The molecule has 2 aromatic heterocycles. The highest BCUT2D eigenvalue weighted by Gasteiger charge is 2.19. The Labute approximate surface area is 117 Å². The third kappa shape index (κ3) is 2.65. The van der Waals surface area contributed by atoms with E-state index in [1.165, 1.54) is 23.4 Å². The van der Waals surface area contributed by atoms with Gasteiger partial charge in [-0.05, 0) is 43.5 Å². The highest BCUT2D eigenvalue weighted by Crippen LogP contribution is 2.24. The number of hydrogen-bond acceptors (Lipinski definition) is 3. The molecule has 1 aliphatic rings. The lowest BCUT2D eigenvalue weighted by Crippen LogP contribution is -2.18. The van der Waals surface area contributed by atoms with Gasteiger partial charge in [-0.3, -0.25) is 15.0 Å². The molecular weight excluding hydrogens is 260 g/mol. The fourth-order valence-electron chi connectivity index (χ4n) is 2.65. The molecule has 0 atom stereocenters. The van der Waals surface area contributed by atoms with E-state index in [0.29, 0.717) is 0 Å². The maximum atomic E-state index is 6.13. The number of aromatic nitrogens is 3. The van der Waals surface area contributed by atoms with Gasteiger partial charge in [0.15, 0.2) is 0 Å². The Bertz CT molecular complexity index is 579. The monoisotopic (exact) mass is 276 g/mol. The topological polar surface area (TPSA) is 44.8 Å². The van der Waals surface area contributed by atoms with Gasteiger partial charge in [-0.1, -0.05) is 11.6 Å². The number of fused-ring (bicyclic) bond motifs is 1. The standard InChI is InChI=1S/C14H17ClN4/c1-19(8-10-5-6-16-7-12(10)15)9-14-11-3-2-4-13(11)17-18-14/h5-7H,2-4,8-9H2,1H3,(H,17,18). The van der Waals surface area contributed by atoms with E-state index in [4.69, 9.17) is 11.6 Å². The number of halogens is 1. The average Bonchev–Trinajstić information content (AvgIpc) is 2.97. The number of H-pyrrole nitrogens is 1. The van der Waals surface area contributed by atoms with E-state index in [-0.39, 0.29) is 0 Å². The molecule has 100 valence electrons. The minimum atomic E-state index is 0.724. The predicted octanol–water partition coefficient (Wildman–Crippen LogP) is 2.58. The van der Waals surface area contributed by atoms with Crippen molar-refractivity contribution in [2.45, 2.75) is 32.4 Å². The third-order valence-corrected chi connectivity index (χ3v) is 3.95. The molecule has 0 saturated carbocycles. The first-order valence-corrected chi connectivity index (χ1v) is 6.94. The molecule has 2 heterocycles. The molecule has 2 aromatic rings. The Hall–Kier alpha value is -1.39. The number of aromatic amines is 1. The van der Waals surface area contributed by atoms with E-state index in [2.05, 4.69) is 27.1 Å². The van der Waals surface area contributed by atoms with Crippen LogP contribution in [0.3, 0.4) is 0 Å². The first kappa shape index (κ1) is 12.6. The van der Waals surface area contributed by atoms with Gasteiger partial charge >= 0.3 is 0 Å². The highest BCUT2D eigenvalue weighted by atomic mass is 35.5. The third-order valence-electron chi connectivity index (χ3n) is 3.61. The number of hydrogen-bond donors (Lipinski definition) is 1. The first-order valence-electron chi connectivity index (χ1n) is 6.56. The van der Waals surface area contributed by atoms with Crippen molar-refractivity contribution in [3.63, 3.8) is 0 Å². The van der Waals surface area contributed by atoms with E-state index < -0.39 is 0 Å². The summed E-state index contributed by atoms with van der Waals surface area (Å²) in [7, 11) is 2.09. The van der Waals surface area contributed by atoms with E-state index >= 15 is 0 Å². The predicted molar refractivity (Wildman–Crippen MR) is 75.0 cm³/mol. The largest absolute Gasteiger partial charge is 0.296 e. The van der Waals surface area contributed by atoms with Gasteiger partial charge in [0.1, 0.15) is 0 Å². The van der Waals surface area contributed by atoms with Gasteiger partial charge in [0, 0.05) is 31.2 Å². The Morgan fingerprint density at radius 1 is 1.37 bits per heavy atom. The lowest BCUT2D eigenvalue weighted by atomic mass is 10.2. The minimum Gasteiger partial charge on any atom is -0.296 e. The second kappa shape index (κ2) is 5.31. The highest BCUT2D eigenvalue weighted by molar-refractivity contribution is 6.31. The van der Waals surface area contributed by atoms with Crippen molar-refractivity contribution < 1.29 is 0 Å². The molecule has 0 radical (unpaired) electrons. The van der Waals surface area contributed by atoms with E-state index in [1.807, 2.05) is 6.07 Å². The Kier molecular flexibility index (Phi) is 3.53. The summed E-state index contributed by atoms with van der Waals surface area (Å²) in [6.45, 7) is 1.66. The van der Waals surface area contributed by atoms with Crippen LogP contribution in [0.5, 0.6) is 0 Å². The van der Waals surface area contributed by atoms with Crippen molar-refractivity contribution in [3.05, 3.63) is 46.0 Å². The summed E-state index contributed by atoms with van der Waals surface area (Å²) < 4.78 is 0. The molecule has 0 aliphatic heterocycles. The summed E-state index contributed by atoms with van der Waals surface area (Å²) in [6, 6.07) is 1.97. The second-order valence-electron chi connectivity index (χ2n) is 5.12. The number of nitrogens with one attached hydrogen (secondary N) is 1. The molecule has 0 bridgehead atoms. The fourth-order valence-corrected chi connectivity index (χ4v) is 2.83. The van der Waals surface area contributed by atoms with Crippen LogP contribution in [0, 0.1) is 0 Å². The van der Waals surface area contributed by atoms with Crippen LogP contribution in [0.25, 0.3) is 0 Å². The van der Waals surface area contributed by atoms with Gasteiger partial charge in [0.05, 0.1) is 10.7 Å². The van der Waals surface area contributed by atoms with Crippen molar-refractivity contribution in [1.29, 1.82) is 0 Å². The molecule has 1 aliphatic carbocycles. The average molecular weight is 277 g/mol. The van der Waals surface area contributed by atoms with Gasteiger partial charge in [-0.25, -0.2) is 0 Å². The van der Waals surface area contributed by atoms with E-state index in [9.17, 15) is 0 Å². The molecule has 5 heteroatoms. The van der Waals surface area contributed by atoms with Crippen molar-refractivity contribution in [3.8, 4) is 0 Å². The smallest absolute Gasteiger partial charge is 0.0797 e. The quantitative estimate of drug-likeness (QED) is 0.934. The van der Waals surface area contributed by atoms with Crippen molar-refractivity contribution >= 4 is 11.6 Å². The zero-order valence-corrected chi connectivity index (χ0v) is 11.7. The molecule has 0 fully saturated rings. The van der Waals surface area contributed by atoms with Crippen LogP contribution in [0.2, 0.25) is 5.02 Å². The van der Waals surface area contributed by atoms with Gasteiger partial charge in [-0.2, -0.15) is 5.10 Å². The minimum absolute atomic E-state index is 0.724. The zero-order chi connectivity index (χ0) is 13.2. The van der Waals surface area contributed by atoms with E-state index in [0.717, 1.165) is 36.5 Å². The van der Waals surface area contributed by atoms with Gasteiger partial charge in [0.25, 0.3) is 0 Å². The number of aryl methyl sites for hydroxylation is 1. The SMILES string of the molecule is CN(Cc1ccncc1Cl)Cc1n[nH]c2c1CCC2. The Balaban J connectivity index is 1.68. The second-order valence-corrected chi connectivity index (χ2v) is 5.53. The van der Waals surface area contributed by atoms with Crippen LogP contribution >= 0.6 is 11.6 Å². The number of rotatable bonds is 4. The molecule has 0 aromatic carbocycles. The number of nitrogens with zero attached hydrogens (tertiary/aromatic N) is 3. The number of pyridine rings is 1. The van der Waals surface area contributed by atoms with Crippen LogP contribution in [0.15, 0.2) is 18.5 Å². The first-order chi connectivity index (χ1) is 9.24. The van der Waals surface area contributed by atoms with Crippen LogP contribution in [0.4, 0.5) is 0 Å². The molecule has 0 spiro atoms. The Morgan fingerprint density at radius 3 is 3.11 bits per heavy atom. The van der Waals surface area contributed by atoms with Crippen molar-refractivity contribution in [1.82, 2.24) is 20.1 Å². The molecule has 0 amide bonds. The van der Waals surface area contributed by atoms with Crippen LogP contribution in [-0.2, 0) is 25.9 Å². The maximum absolute atomic E-state index is 6.13. The zero-order valence-electron chi connectivity index (χ0n) is 11.0. The summed E-state index contributed by atoms with van der Waals surface area (Å²) in [5.74, 6) is 0. The molecular formula is C14H17ClN4. The molecule has 3 rings (SSSR count). The van der Waals surface area contributed by atoms with Crippen LogP contribution < -0.4 is 0 Å². The summed E-state index contributed by atoms with van der Waals surface area (Å²) >= 11 is 6.13. The summed E-state index contributed by atoms with van der Waals surface area (Å²) in [5, 5.41) is 8.31. The van der Waals surface area contributed by atoms with Gasteiger partial charge in [0.2, 0.25) is 0 Å². The van der Waals surface area contributed by atoms with Gasteiger partial charge in [-0.15, -0.1) is 0 Å². The molecule has 19 heavy (non-hydrogen) atoms. The summed E-state index contributed by atoms with van der Waals surface area (Å²) in [5.41, 5.74) is 5.03. The summed E-state index contributed by atoms with van der Waals surface area (Å²) in [6.07, 6.45) is 7.02. The van der Waals surface area contributed by atoms with Gasteiger partial charge < -0.3 is 0 Å². The Morgan fingerprint density at radius 2 is 2.26 bits per heavy atom. The molecule has 0 unspecified atom stereocenters. The van der Waals surface area contributed by atoms with Crippen LogP contribution in [-0.4, -0.2) is 27.1 Å². The van der Waals surface area contributed by atoms with Crippen molar-refractivity contribution in [2.24, 2.45) is 0 Å².